The van der Waals surface area contributed by atoms with Crippen LogP contribution in [0.4, 0.5) is 0 Å². The van der Waals surface area contributed by atoms with Crippen molar-refractivity contribution in [3.8, 4) is 0 Å². The van der Waals surface area contributed by atoms with Crippen molar-refractivity contribution < 1.29 is 61.9 Å². The van der Waals surface area contributed by atoms with E-state index in [-0.39, 0.29) is 49.6 Å². The molecule has 1 spiro atoms. The van der Waals surface area contributed by atoms with Gasteiger partial charge in [-0.15, -0.1) is 0 Å². The third-order valence-corrected chi connectivity index (χ3v) is 11.1. The summed E-state index contributed by atoms with van der Waals surface area (Å²) in [5, 5.41) is 0. The molecule has 2 saturated heterocycles. The van der Waals surface area contributed by atoms with Crippen molar-refractivity contribution in [2.75, 3.05) is 13.2 Å². The van der Waals surface area contributed by atoms with E-state index in [0.29, 0.717) is 25.9 Å². The average molecular weight is 665 g/mol. The van der Waals surface area contributed by atoms with Crippen LogP contribution in [0, 0.1) is 28.6 Å². The molecular formula is C34H48O13. The molecule has 5 rings (SSSR count). The first-order valence-corrected chi connectivity index (χ1v) is 16.6. The normalized spacial score (nSPS) is 39.4. The fraction of sp³-hybridized carbons (Fsp3) is 0.794. The maximum absolute atomic E-state index is 13.4. The molecule has 3 aliphatic heterocycles. The minimum absolute atomic E-state index is 0.00540. The zero-order chi connectivity index (χ0) is 34.3. The van der Waals surface area contributed by atoms with E-state index in [1.54, 1.807) is 20.1 Å². The van der Waals surface area contributed by atoms with Gasteiger partial charge in [0, 0.05) is 38.5 Å². The van der Waals surface area contributed by atoms with Gasteiger partial charge in [0.15, 0.2) is 0 Å². The van der Waals surface area contributed by atoms with E-state index >= 15 is 0 Å². The number of hydrogen-bond donors (Lipinski definition) is 0. The van der Waals surface area contributed by atoms with Crippen molar-refractivity contribution in [3.63, 3.8) is 0 Å². The number of esters is 5. The van der Waals surface area contributed by atoms with Crippen molar-refractivity contribution in [1.82, 2.24) is 0 Å². The molecule has 0 amide bonds. The van der Waals surface area contributed by atoms with Crippen molar-refractivity contribution in [3.05, 3.63) is 12.3 Å². The summed E-state index contributed by atoms with van der Waals surface area (Å²) in [6.07, 6.45) is 2.08. The quantitative estimate of drug-likeness (QED) is 0.179. The molecule has 13 nitrogen and oxygen atoms in total. The summed E-state index contributed by atoms with van der Waals surface area (Å²) in [5.41, 5.74) is -2.40. The maximum Gasteiger partial charge on any atom is 0.309 e. The smallest absolute Gasteiger partial charge is 0.309 e. The van der Waals surface area contributed by atoms with Crippen LogP contribution in [0.1, 0.15) is 87.0 Å². The number of carbonyl (C=O) groups excluding carboxylic acids is 5. The third kappa shape index (κ3) is 6.88. The third-order valence-electron chi connectivity index (χ3n) is 11.1. The Morgan fingerprint density at radius 1 is 0.894 bits per heavy atom. The Kier molecular flexibility index (Phi) is 9.99. The van der Waals surface area contributed by atoms with E-state index in [1.165, 1.54) is 20.8 Å². The molecule has 12 atom stereocenters. The molecule has 5 aliphatic rings. The lowest BCUT2D eigenvalue weighted by Gasteiger charge is -2.64. The van der Waals surface area contributed by atoms with Crippen LogP contribution < -0.4 is 0 Å². The summed E-state index contributed by atoms with van der Waals surface area (Å²) in [6, 6.07) is 0. The highest BCUT2D eigenvalue weighted by Crippen LogP contribution is 2.70. The Bertz CT molecular complexity index is 1270. The predicted molar refractivity (Wildman–Crippen MR) is 161 cm³/mol. The van der Waals surface area contributed by atoms with Gasteiger partial charge in [0.05, 0.1) is 37.2 Å². The number of hydrogen-bond acceptors (Lipinski definition) is 13. The van der Waals surface area contributed by atoms with Crippen LogP contribution in [0.2, 0.25) is 0 Å². The van der Waals surface area contributed by atoms with Gasteiger partial charge in [-0.1, -0.05) is 13.8 Å². The molecule has 4 fully saturated rings. The van der Waals surface area contributed by atoms with Gasteiger partial charge in [-0.2, -0.15) is 0 Å². The SMILES string of the molecule is CC(=O)O[C@@H]1C[C@@H]2[C@@](C)([C@@H]3C[C@H]4C=CO[C@H]4O3)[C@H](C)C[C@H](OC(C)=O)[C@@]2(COC(=O)C[C@H](C)OC(=O)C[C@H](C)OC(C)=O)[C@@]2(CO2)C1. The lowest BCUT2D eigenvalue weighted by Crippen LogP contribution is -2.70. The largest absolute Gasteiger partial charge is 0.472 e. The van der Waals surface area contributed by atoms with Crippen molar-refractivity contribution in [1.29, 1.82) is 0 Å². The minimum Gasteiger partial charge on any atom is -0.472 e. The molecule has 3 heterocycles. The van der Waals surface area contributed by atoms with Crippen LogP contribution in [0.5, 0.6) is 0 Å². The highest BCUT2D eigenvalue weighted by molar-refractivity contribution is 5.73. The summed E-state index contributed by atoms with van der Waals surface area (Å²) in [6.45, 7) is 11.6. The standard InChI is InChI=1S/C34H48O13/c1-18-10-28(46-23(6)37)34(17-41-29(38)11-20(3)44-30(39)12-19(2)43-21(4)35)26(14-25(45-22(5)36)15-33(34)16-42-33)32(18,7)27-13-24-8-9-40-31(24)47-27/h8-9,18-20,24-28,31H,10-17H2,1-7H3/t18-,19+,20+,24-,25-,26-,27+,28+,31+,32+,33+,34+/m1/s1. The summed E-state index contributed by atoms with van der Waals surface area (Å²) in [4.78, 5) is 61.7. The van der Waals surface area contributed by atoms with Gasteiger partial charge in [0.1, 0.15) is 36.6 Å². The molecule has 0 aromatic carbocycles. The second-order valence-corrected chi connectivity index (χ2v) is 14.3. The maximum atomic E-state index is 13.4. The van der Waals surface area contributed by atoms with Gasteiger partial charge in [0.2, 0.25) is 6.29 Å². The molecule has 0 aromatic heterocycles. The molecule has 13 heteroatoms. The topological polar surface area (TPSA) is 162 Å². The number of rotatable bonds is 11. The van der Waals surface area contributed by atoms with Crippen LogP contribution in [0.15, 0.2) is 12.3 Å². The van der Waals surface area contributed by atoms with Crippen LogP contribution >= 0.6 is 0 Å². The Labute approximate surface area is 275 Å². The number of carbonyl (C=O) groups is 5. The summed E-state index contributed by atoms with van der Waals surface area (Å²) >= 11 is 0. The lowest BCUT2D eigenvalue weighted by molar-refractivity contribution is -0.264. The van der Waals surface area contributed by atoms with E-state index in [1.807, 2.05) is 6.08 Å². The molecule has 2 aliphatic carbocycles. The number of ether oxygens (including phenoxy) is 8. The molecule has 0 N–H and O–H groups in total. The van der Waals surface area contributed by atoms with Gasteiger partial charge in [-0.25, -0.2) is 0 Å². The van der Waals surface area contributed by atoms with Gasteiger partial charge >= 0.3 is 29.8 Å². The van der Waals surface area contributed by atoms with E-state index in [2.05, 4.69) is 13.8 Å². The van der Waals surface area contributed by atoms with Gasteiger partial charge in [-0.05, 0) is 51.0 Å². The molecule has 2 saturated carbocycles. The van der Waals surface area contributed by atoms with Crippen LogP contribution in [-0.4, -0.2) is 85.5 Å². The Morgan fingerprint density at radius 2 is 1.55 bits per heavy atom. The van der Waals surface area contributed by atoms with Crippen LogP contribution in [-0.2, 0) is 61.9 Å². The monoisotopic (exact) mass is 664 g/mol. The second-order valence-electron chi connectivity index (χ2n) is 14.3. The molecule has 262 valence electrons. The van der Waals surface area contributed by atoms with Gasteiger partial charge < -0.3 is 37.9 Å². The van der Waals surface area contributed by atoms with Crippen LogP contribution in [0.3, 0.4) is 0 Å². The average Bonchev–Trinajstić information content (AvgIpc) is 3.37. The van der Waals surface area contributed by atoms with E-state index in [9.17, 15) is 24.0 Å². The van der Waals surface area contributed by atoms with Gasteiger partial charge in [-0.3, -0.25) is 24.0 Å². The van der Waals surface area contributed by atoms with Crippen LogP contribution in [0.25, 0.3) is 0 Å². The zero-order valence-electron chi connectivity index (χ0n) is 28.3. The lowest BCUT2D eigenvalue weighted by atomic mass is 9.42. The molecular weight excluding hydrogens is 616 g/mol. The highest BCUT2D eigenvalue weighted by atomic mass is 16.7. The summed E-state index contributed by atoms with van der Waals surface area (Å²) < 4.78 is 46.9. The fourth-order valence-electron chi connectivity index (χ4n) is 8.88. The first-order valence-electron chi connectivity index (χ1n) is 16.6. The molecule has 0 unspecified atom stereocenters. The predicted octanol–water partition coefficient (Wildman–Crippen LogP) is 3.54. The van der Waals surface area contributed by atoms with Gasteiger partial charge in [0.25, 0.3) is 0 Å². The Morgan fingerprint density at radius 3 is 2.17 bits per heavy atom. The minimum atomic E-state index is -0.983. The van der Waals surface area contributed by atoms with Crippen molar-refractivity contribution >= 4 is 29.8 Å². The Balaban J connectivity index is 1.41. The summed E-state index contributed by atoms with van der Waals surface area (Å²) in [5.74, 6) is -2.80. The number of epoxide rings is 1. The van der Waals surface area contributed by atoms with Crippen molar-refractivity contribution in [2.24, 2.45) is 28.6 Å². The van der Waals surface area contributed by atoms with E-state index < -0.39 is 70.7 Å². The second kappa shape index (κ2) is 13.4. The fourth-order valence-corrected chi connectivity index (χ4v) is 8.88. The highest BCUT2D eigenvalue weighted by Gasteiger charge is 2.78. The molecule has 47 heavy (non-hydrogen) atoms. The molecule has 0 bridgehead atoms. The molecule has 0 aromatic rings. The summed E-state index contributed by atoms with van der Waals surface area (Å²) in [7, 11) is 0. The Hall–Kier alpha value is -3.19. The zero-order valence-corrected chi connectivity index (χ0v) is 28.3. The van der Waals surface area contributed by atoms with E-state index in [4.69, 9.17) is 37.9 Å². The first-order chi connectivity index (χ1) is 22.1. The first kappa shape index (κ1) is 35.1. The van der Waals surface area contributed by atoms with Crippen molar-refractivity contribution in [2.45, 2.75) is 129 Å². The number of fused-ring (bicyclic) bond motifs is 3. The molecule has 0 radical (unpaired) electrons. The van der Waals surface area contributed by atoms with E-state index in [0.717, 1.165) is 6.42 Å².